The molecule has 0 saturated carbocycles. The van der Waals surface area contributed by atoms with E-state index in [9.17, 15) is 18.8 Å². The Kier molecular flexibility index (Phi) is 5.26. The van der Waals surface area contributed by atoms with Gasteiger partial charge in [-0.1, -0.05) is 12.2 Å². The van der Waals surface area contributed by atoms with E-state index in [1.165, 1.54) is 24.3 Å². The van der Waals surface area contributed by atoms with Crippen LogP contribution in [0.4, 0.5) is 9.18 Å². The first-order chi connectivity index (χ1) is 10.9. The van der Waals surface area contributed by atoms with Gasteiger partial charge in [0.1, 0.15) is 12.4 Å². The lowest BCUT2D eigenvalue weighted by Gasteiger charge is -2.19. The smallest absolute Gasteiger partial charge is 0.417 e. The highest BCUT2D eigenvalue weighted by Crippen LogP contribution is 2.20. The molecular formula is C17H18FNO4. The highest BCUT2D eigenvalue weighted by Gasteiger charge is 2.37. The molecule has 2 rings (SSSR count). The SMILES string of the molecule is C=C(C)[C@H]1COC(=O)N1C(=O)CCCC(=O)c1ccc(F)cc1. The van der Waals surface area contributed by atoms with Crippen molar-refractivity contribution >= 4 is 17.8 Å². The Balaban J connectivity index is 1.87. The van der Waals surface area contributed by atoms with Gasteiger partial charge < -0.3 is 4.74 Å². The van der Waals surface area contributed by atoms with Gasteiger partial charge in [-0.25, -0.2) is 14.1 Å². The van der Waals surface area contributed by atoms with E-state index in [0.717, 1.165) is 4.90 Å². The lowest BCUT2D eigenvalue weighted by Crippen LogP contribution is -2.39. The molecule has 0 unspecified atom stereocenters. The van der Waals surface area contributed by atoms with Gasteiger partial charge in [-0.3, -0.25) is 9.59 Å². The van der Waals surface area contributed by atoms with Crippen LogP contribution in [0.25, 0.3) is 0 Å². The first-order valence-corrected chi connectivity index (χ1v) is 7.33. The van der Waals surface area contributed by atoms with E-state index in [-0.39, 0.29) is 31.1 Å². The molecule has 0 aromatic heterocycles. The molecule has 1 aliphatic rings. The van der Waals surface area contributed by atoms with Gasteiger partial charge in [0.25, 0.3) is 0 Å². The second-order valence-corrected chi connectivity index (χ2v) is 5.49. The second kappa shape index (κ2) is 7.17. The molecule has 1 aromatic rings. The lowest BCUT2D eigenvalue weighted by atomic mass is 10.0. The van der Waals surface area contributed by atoms with Crippen molar-refractivity contribution in [1.29, 1.82) is 0 Å². The first kappa shape index (κ1) is 16.9. The van der Waals surface area contributed by atoms with Crippen molar-refractivity contribution in [3.8, 4) is 0 Å². The molecule has 1 saturated heterocycles. The second-order valence-electron chi connectivity index (χ2n) is 5.49. The molecule has 0 spiro atoms. The molecule has 23 heavy (non-hydrogen) atoms. The summed E-state index contributed by atoms with van der Waals surface area (Å²) in [6.45, 7) is 5.60. The fourth-order valence-electron chi connectivity index (χ4n) is 2.36. The van der Waals surface area contributed by atoms with Crippen LogP contribution in [0, 0.1) is 5.82 Å². The van der Waals surface area contributed by atoms with Crippen molar-refractivity contribution in [2.75, 3.05) is 6.61 Å². The van der Waals surface area contributed by atoms with Gasteiger partial charge in [0.05, 0.1) is 6.04 Å². The largest absolute Gasteiger partial charge is 0.447 e. The average Bonchev–Trinajstić information content (AvgIpc) is 2.89. The Labute approximate surface area is 133 Å². The van der Waals surface area contributed by atoms with Crippen LogP contribution in [0.3, 0.4) is 0 Å². The Hall–Kier alpha value is -2.50. The van der Waals surface area contributed by atoms with Gasteiger partial charge in [0.15, 0.2) is 5.78 Å². The molecule has 0 radical (unpaired) electrons. The number of ether oxygens (including phenoxy) is 1. The number of benzene rings is 1. The van der Waals surface area contributed by atoms with Crippen molar-refractivity contribution in [3.63, 3.8) is 0 Å². The maximum atomic E-state index is 12.8. The molecule has 1 heterocycles. The fraction of sp³-hybridized carbons (Fsp3) is 0.353. The molecular weight excluding hydrogens is 301 g/mol. The van der Waals surface area contributed by atoms with Crippen LogP contribution in [0.15, 0.2) is 36.4 Å². The van der Waals surface area contributed by atoms with Gasteiger partial charge in [0, 0.05) is 18.4 Å². The summed E-state index contributed by atoms with van der Waals surface area (Å²) < 4.78 is 17.7. The minimum Gasteiger partial charge on any atom is -0.447 e. The van der Waals surface area contributed by atoms with Crippen molar-refractivity contribution in [2.24, 2.45) is 0 Å². The maximum absolute atomic E-state index is 12.8. The van der Waals surface area contributed by atoms with E-state index >= 15 is 0 Å². The predicted molar refractivity (Wildman–Crippen MR) is 81.4 cm³/mol. The number of nitrogens with zero attached hydrogens (tertiary/aromatic N) is 1. The summed E-state index contributed by atoms with van der Waals surface area (Å²) >= 11 is 0. The van der Waals surface area contributed by atoms with E-state index in [2.05, 4.69) is 6.58 Å². The minimum absolute atomic E-state index is 0.0613. The molecule has 1 fully saturated rings. The van der Waals surface area contributed by atoms with Crippen LogP contribution in [-0.4, -0.2) is 35.3 Å². The molecule has 122 valence electrons. The molecule has 0 N–H and O–H groups in total. The van der Waals surface area contributed by atoms with E-state index < -0.39 is 18.0 Å². The highest BCUT2D eigenvalue weighted by molar-refractivity contribution is 5.97. The summed E-state index contributed by atoms with van der Waals surface area (Å²) in [6.07, 6.45) is -0.154. The Bertz CT molecular complexity index is 638. The fourth-order valence-corrected chi connectivity index (χ4v) is 2.36. The van der Waals surface area contributed by atoms with Crippen molar-refractivity contribution < 1.29 is 23.5 Å². The first-order valence-electron chi connectivity index (χ1n) is 7.33. The monoisotopic (exact) mass is 319 g/mol. The molecule has 1 aliphatic heterocycles. The minimum atomic E-state index is -0.673. The molecule has 1 atom stereocenters. The van der Waals surface area contributed by atoms with Crippen molar-refractivity contribution in [3.05, 3.63) is 47.8 Å². The van der Waals surface area contributed by atoms with Gasteiger partial charge in [-0.15, -0.1) is 0 Å². The molecule has 6 heteroatoms. The Morgan fingerprint density at radius 3 is 2.57 bits per heavy atom. The zero-order valence-electron chi connectivity index (χ0n) is 12.9. The van der Waals surface area contributed by atoms with E-state index in [0.29, 0.717) is 17.6 Å². The van der Waals surface area contributed by atoms with Crippen LogP contribution < -0.4 is 0 Å². The zero-order chi connectivity index (χ0) is 17.0. The Morgan fingerprint density at radius 1 is 1.30 bits per heavy atom. The number of carbonyl (C=O) groups is 3. The summed E-state index contributed by atoms with van der Waals surface area (Å²) in [4.78, 5) is 36.8. The van der Waals surface area contributed by atoms with Crippen LogP contribution in [0.5, 0.6) is 0 Å². The number of imide groups is 1. The molecule has 0 aliphatic carbocycles. The number of halogens is 1. The highest BCUT2D eigenvalue weighted by atomic mass is 19.1. The molecule has 1 aromatic carbocycles. The number of Topliss-reactive ketones (excluding diaryl/α,β-unsaturated/α-hetero) is 1. The third-order valence-corrected chi connectivity index (χ3v) is 3.67. The van der Waals surface area contributed by atoms with E-state index in [4.69, 9.17) is 4.74 Å². The van der Waals surface area contributed by atoms with Crippen LogP contribution in [-0.2, 0) is 9.53 Å². The lowest BCUT2D eigenvalue weighted by molar-refractivity contribution is -0.128. The van der Waals surface area contributed by atoms with Crippen LogP contribution >= 0.6 is 0 Å². The van der Waals surface area contributed by atoms with Gasteiger partial charge >= 0.3 is 6.09 Å². The summed E-state index contributed by atoms with van der Waals surface area (Å²) in [5.41, 5.74) is 1.07. The van der Waals surface area contributed by atoms with Crippen LogP contribution in [0.1, 0.15) is 36.5 Å². The molecule has 5 nitrogen and oxygen atoms in total. The number of ketones is 1. The third kappa shape index (κ3) is 4.03. The third-order valence-electron chi connectivity index (χ3n) is 3.67. The molecule has 0 bridgehead atoms. The van der Waals surface area contributed by atoms with E-state index in [1.807, 2.05) is 0 Å². The normalized spacial score (nSPS) is 17.0. The predicted octanol–water partition coefficient (Wildman–Crippen LogP) is 3.10. The standard InChI is InChI=1S/C17H18FNO4/c1-11(2)14-10-23-17(22)19(14)16(21)5-3-4-15(20)12-6-8-13(18)9-7-12/h6-9,14H,1,3-5,10H2,2H3/t14-/m1/s1. The molecule has 2 amide bonds. The van der Waals surface area contributed by atoms with Gasteiger partial charge in [-0.2, -0.15) is 0 Å². The zero-order valence-corrected chi connectivity index (χ0v) is 12.9. The maximum Gasteiger partial charge on any atom is 0.417 e. The van der Waals surface area contributed by atoms with Gasteiger partial charge in [-0.05, 0) is 37.6 Å². The topological polar surface area (TPSA) is 63.7 Å². The number of hydrogen-bond donors (Lipinski definition) is 0. The number of cyclic esters (lactones) is 1. The summed E-state index contributed by atoms with van der Waals surface area (Å²) in [5, 5.41) is 0. The quantitative estimate of drug-likeness (QED) is 0.597. The number of rotatable bonds is 6. The van der Waals surface area contributed by atoms with E-state index in [1.54, 1.807) is 6.92 Å². The van der Waals surface area contributed by atoms with Crippen molar-refractivity contribution in [1.82, 2.24) is 4.90 Å². The number of amides is 2. The number of hydrogen-bond acceptors (Lipinski definition) is 4. The van der Waals surface area contributed by atoms with Gasteiger partial charge in [0.2, 0.25) is 5.91 Å². The summed E-state index contributed by atoms with van der Waals surface area (Å²) in [7, 11) is 0. The van der Waals surface area contributed by atoms with Crippen LogP contribution in [0.2, 0.25) is 0 Å². The Morgan fingerprint density at radius 2 is 1.96 bits per heavy atom. The summed E-state index contributed by atoms with van der Waals surface area (Å²) in [6, 6.07) is 4.82. The average molecular weight is 319 g/mol. The number of carbonyl (C=O) groups excluding carboxylic acids is 3. The summed E-state index contributed by atoms with van der Waals surface area (Å²) in [5.74, 6) is -0.958. The van der Waals surface area contributed by atoms with Crippen molar-refractivity contribution in [2.45, 2.75) is 32.2 Å².